The molecular formula is C25H28O6S. The van der Waals surface area contributed by atoms with Crippen LogP contribution in [0.25, 0.3) is 11.0 Å². The van der Waals surface area contributed by atoms with E-state index < -0.39 is 28.5 Å². The monoisotopic (exact) mass is 456 g/mol. The zero-order valence-corrected chi connectivity index (χ0v) is 18.7. The summed E-state index contributed by atoms with van der Waals surface area (Å²) in [4.78, 5) is -1.38. The fraction of sp³-hybridized carbons (Fsp3) is 0.440. The molecular weight excluding hydrogens is 428 g/mol. The molecule has 1 saturated heterocycles. The van der Waals surface area contributed by atoms with E-state index in [1.54, 1.807) is 0 Å². The van der Waals surface area contributed by atoms with Gasteiger partial charge in [0.15, 0.2) is 5.76 Å². The van der Waals surface area contributed by atoms with Crippen molar-refractivity contribution < 1.29 is 29.6 Å². The Kier molecular flexibility index (Phi) is 5.82. The van der Waals surface area contributed by atoms with Crippen molar-refractivity contribution >= 4 is 22.7 Å². The third-order valence-corrected chi connectivity index (χ3v) is 8.29. The normalized spacial score (nSPS) is 30.0. The van der Waals surface area contributed by atoms with Crippen LogP contribution < -0.4 is 0 Å². The van der Waals surface area contributed by atoms with Gasteiger partial charge in [-0.1, -0.05) is 49.4 Å². The van der Waals surface area contributed by atoms with Crippen LogP contribution in [-0.4, -0.2) is 57.2 Å². The first kappa shape index (κ1) is 21.9. The van der Waals surface area contributed by atoms with Crippen LogP contribution in [0.2, 0.25) is 0 Å². The minimum Gasteiger partial charge on any atom is -0.456 e. The molecule has 4 N–H and O–H groups in total. The van der Waals surface area contributed by atoms with Gasteiger partial charge in [-0.3, -0.25) is 0 Å². The number of para-hydroxylation sites is 1. The molecule has 2 aliphatic heterocycles. The topological polar surface area (TPSA) is 103 Å². The molecule has 1 unspecified atom stereocenters. The second-order valence-corrected chi connectivity index (χ2v) is 10.0. The van der Waals surface area contributed by atoms with Crippen molar-refractivity contribution in [1.29, 1.82) is 0 Å². The average Bonchev–Trinajstić information content (AvgIpc) is 3.22. The van der Waals surface area contributed by atoms with Crippen molar-refractivity contribution in [2.45, 2.75) is 54.7 Å². The van der Waals surface area contributed by atoms with Crippen molar-refractivity contribution in [2.75, 3.05) is 13.2 Å². The van der Waals surface area contributed by atoms with E-state index in [-0.39, 0.29) is 6.61 Å². The second kappa shape index (κ2) is 8.48. The van der Waals surface area contributed by atoms with E-state index in [1.807, 2.05) is 18.2 Å². The van der Waals surface area contributed by atoms with Gasteiger partial charge in [-0.15, -0.1) is 11.8 Å². The third-order valence-electron chi connectivity index (χ3n) is 6.66. The van der Waals surface area contributed by atoms with Crippen molar-refractivity contribution in [3.63, 3.8) is 0 Å². The van der Waals surface area contributed by atoms with Crippen LogP contribution in [0.3, 0.4) is 0 Å². The number of ether oxygens (including phenoxy) is 1. The highest BCUT2D eigenvalue weighted by atomic mass is 32.2. The van der Waals surface area contributed by atoms with Gasteiger partial charge in [0.05, 0.1) is 24.6 Å². The SMILES string of the molecule is CCc1ccc(Cc2cccc3c4c(oc23)C2(OCC4)S[C@H](CO)[C@@H](O)[C@H](O)[C@H]2O)cc1. The van der Waals surface area contributed by atoms with Gasteiger partial charge in [0, 0.05) is 23.8 Å². The minimum absolute atomic E-state index is 0.343. The summed E-state index contributed by atoms with van der Waals surface area (Å²) in [7, 11) is 0. The number of aliphatic hydroxyl groups is 4. The highest BCUT2D eigenvalue weighted by Gasteiger charge is 2.58. The summed E-state index contributed by atoms with van der Waals surface area (Å²) in [6.45, 7) is 2.13. The van der Waals surface area contributed by atoms with Crippen molar-refractivity contribution in [2.24, 2.45) is 0 Å². The number of thioether (sulfide) groups is 1. The number of aryl methyl sites for hydroxylation is 1. The maximum Gasteiger partial charge on any atom is 0.200 e. The molecule has 32 heavy (non-hydrogen) atoms. The van der Waals surface area contributed by atoms with Gasteiger partial charge in [0.1, 0.15) is 17.8 Å². The number of benzene rings is 2. The Morgan fingerprint density at radius 3 is 2.50 bits per heavy atom. The molecule has 7 heteroatoms. The van der Waals surface area contributed by atoms with E-state index in [4.69, 9.17) is 9.15 Å². The van der Waals surface area contributed by atoms with Crippen LogP contribution in [0.15, 0.2) is 46.9 Å². The minimum atomic E-state index is -1.45. The largest absolute Gasteiger partial charge is 0.456 e. The first-order chi connectivity index (χ1) is 15.5. The van der Waals surface area contributed by atoms with Gasteiger partial charge >= 0.3 is 0 Å². The summed E-state index contributed by atoms with van der Waals surface area (Å²) in [5.74, 6) is 0.467. The van der Waals surface area contributed by atoms with Crippen molar-refractivity contribution in [3.05, 3.63) is 70.5 Å². The zero-order valence-electron chi connectivity index (χ0n) is 17.9. The molecule has 170 valence electrons. The summed E-state index contributed by atoms with van der Waals surface area (Å²) in [5.41, 5.74) is 5.20. The van der Waals surface area contributed by atoms with Crippen LogP contribution >= 0.6 is 11.8 Å². The van der Waals surface area contributed by atoms with E-state index in [1.165, 1.54) is 11.1 Å². The second-order valence-electron chi connectivity index (χ2n) is 8.58. The van der Waals surface area contributed by atoms with Crippen LogP contribution in [0.5, 0.6) is 0 Å². The molecule has 1 spiro atoms. The molecule has 3 aromatic rings. The summed E-state index contributed by atoms with van der Waals surface area (Å²) >= 11 is 1.12. The predicted octanol–water partition coefficient (Wildman–Crippen LogP) is 2.50. The molecule has 0 saturated carbocycles. The molecule has 5 rings (SSSR count). The Bertz CT molecular complexity index is 1110. The standard InChI is InChI=1S/C25H28O6S/c1-2-14-6-8-15(9-7-14)12-16-4-3-5-17-18-10-11-30-25(24(18)31-22(16)17)23(29)21(28)20(27)19(13-26)32-25/h3-9,19-21,23,26-29H,2,10-13H2,1H3/t19-,20-,21+,23-,25?/m1/s1. The highest BCUT2D eigenvalue weighted by Crippen LogP contribution is 2.54. The fourth-order valence-electron chi connectivity index (χ4n) is 4.83. The lowest BCUT2D eigenvalue weighted by molar-refractivity contribution is -0.162. The number of aliphatic hydroxyl groups excluding tert-OH is 4. The lowest BCUT2D eigenvalue weighted by atomic mass is 9.92. The van der Waals surface area contributed by atoms with Gasteiger partial charge in [-0.2, -0.15) is 0 Å². The van der Waals surface area contributed by atoms with E-state index in [2.05, 4.69) is 31.2 Å². The van der Waals surface area contributed by atoms with E-state index in [0.717, 1.165) is 40.3 Å². The van der Waals surface area contributed by atoms with Gasteiger partial charge < -0.3 is 29.6 Å². The Morgan fingerprint density at radius 2 is 1.78 bits per heavy atom. The van der Waals surface area contributed by atoms with Crippen LogP contribution in [-0.2, 0) is 28.9 Å². The number of hydrogen-bond donors (Lipinski definition) is 4. The molecule has 2 aliphatic rings. The van der Waals surface area contributed by atoms with Gasteiger partial charge in [-0.05, 0) is 23.1 Å². The highest BCUT2D eigenvalue weighted by molar-refractivity contribution is 8.00. The molecule has 1 aromatic heterocycles. The quantitative estimate of drug-likeness (QED) is 0.478. The van der Waals surface area contributed by atoms with Crippen LogP contribution in [0.1, 0.15) is 34.9 Å². The van der Waals surface area contributed by atoms with Gasteiger partial charge in [0.2, 0.25) is 4.93 Å². The molecule has 0 amide bonds. The number of hydrogen-bond acceptors (Lipinski definition) is 7. The lowest BCUT2D eigenvalue weighted by Crippen LogP contribution is -2.60. The van der Waals surface area contributed by atoms with E-state index in [0.29, 0.717) is 25.2 Å². The van der Waals surface area contributed by atoms with Gasteiger partial charge in [0.25, 0.3) is 0 Å². The van der Waals surface area contributed by atoms with E-state index in [9.17, 15) is 20.4 Å². The Balaban J connectivity index is 1.59. The fourth-order valence-corrected chi connectivity index (χ4v) is 6.36. The van der Waals surface area contributed by atoms with Gasteiger partial charge in [-0.25, -0.2) is 0 Å². The maximum atomic E-state index is 11.0. The first-order valence-electron chi connectivity index (χ1n) is 11.1. The Morgan fingerprint density at radius 1 is 1.03 bits per heavy atom. The number of rotatable bonds is 4. The molecule has 5 atom stereocenters. The maximum absolute atomic E-state index is 11.0. The summed E-state index contributed by atoms with van der Waals surface area (Å²) in [5, 5.41) is 41.8. The Labute approximate surface area is 190 Å². The average molecular weight is 457 g/mol. The summed E-state index contributed by atoms with van der Waals surface area (Å²) in [6.07, 6.45) is -1.78. The smallest absolute Gasteiger partial charge is 0.200 e. The lowest BCUT2D eigenvalue weighted by Gasteiger charge is -2.48. The molecule has 6 nitrogen and oxygen atoms in total. The predicted molar refractivity (Wildman–Crippen MR) is 123 cm³/mol. The van der Waals surface area contributed by atoms with Crippen LogP contribution in [0, 0.1) is 0 Å². The Hall–Kier alpha value is -1.87. The molecule has 1 fully saturated rings. The molecule has 0 bridgehead atoms. The summed E-state index contributed by atoms with van der Waals surface area (Å²) in [6, 6.07) is 14.6. The third kappa shape index (κ3) is 3.39. The molecule has 2 aromatic carbocycles. The number of furan rings is 1. The molecule has 0 radical (unpaired) electrons. The molecule has 3 heterocycles. The van der Waals surface area contributed by atoms with Crippen LogP contribution in [0.4, 0.5) is 0 Å². The molecule has 0 aliphatic carbocycles. The summed E-state index contributed by atoms with van der Waals surface area (Å²) < 4.78 is 12.4. The van der Waals surface area contributed by atoms with E-state index >= 15 is 0 Å². The zero-order chi connectivity index (χ0) is 22.5. The van der Waals surface area contributed by atoms with Crippen molar-refractivity contribution in [1.82, 2.24) is 0 Å². The first-order valence-corrected chi connectivity index (χ1v) is 11.9. The van der Waals surface area contributed by atoms with Crippen molar-refractivity contribution in [3.8, 4) is 0 Å². The number of fused-ring (bicyclic) bond motifs is 4.